The average molecular weight is 181 g/mol. The third-order valence-electron chi connectivity index (χ3n) is 2.49. The molecule has 1 fully saturated rings. The molecule has 2 heteroatoms. The van der Waals surface area contributed by atoms with Crippen molar-refractivity contribution in [1.82, 2.24) is 4.90 Å². The molecule has 1 atom stereocenters. The maximum atomic E-state index is 5.51. The van der Waals surface area contributed by atoms with E-state index in [-0.39, 0.29) is 0 Å². The minimum atomic E-state index is 0.585. The molecule has 1 rings (SSSR count). The Hall–Kier alpha value is -0.760. The van der Waals surface area contributed by atoms with E-state index < -0.39 is 0 Å². The van der Waals surface area contributed by atoms with Gasteiger partial charge in [-0.25, -0.2) is 0 Å². The van der Waals surface area contributed by atoms with E-state index in [0.29, 0.717) is 6.04 Å². The average Bonchev–Trinajstić information content (AvgIpc) is 2.48. The van der Waals surface area contributed by atoms with E-state index in [1.807, 2.05) is 19.1 Å². The van der Waals surface area contributed by atoms with Crippen LogP contribution < -0.4 is 0 Å². The Balaban J connectivity index is 2.22. The van der Waals surface area contributed by atoms with Gasteiger partial charge in [0.05, 0.1) is 0 Å². The second kappa shape index (κ2) is 5.07. The molecule has 0 aromatic heterocycles. The van der Waals surface area contributed by atoms with E-state index in [2.05, 4.69) is 18.5 Å². The summed E-state index contributed by atoms with van der Waals surface area (Å²) in [5.41, 5.74) is 0. The van der Waals surface area contributed by atoms with Gasteiger partial charge in [-0.05, 0) is 39.4 Å². The zero-order chi connectivity index (χ0) is 9.68. The van der Waals surface area contributed by atoms with Crippen molar-refractivity contribution >= 4 is 0 Å². The maximum Gasteiger partial charge on any atom is 0.111 e. The highest BCUT2D eigenvalue weighted by atomic mass is 16.5. The van der Waals surface area contributed by atoms with Crippen LogP contribution in [0.25, 0.3) is 0 Å². The lowest BCUT2D eigenvalue weighted by Crippen LogP contribution is -2.29. The molecule has 0 aliphatic carbocycles. The lowest BCUT2D eigenvalue weighted by Gasteiger charge is -2.19. The maximum absolute atomic E-state index is 5.51. The molecule has 0 bridgehead atoms. The van der Waals surface area contributed by atoms with E-state index in [0.717, 1.165) is 12.4 Å². The van der Waals surface area contributed by atoms with Crippen molar-refractivity contribution in [3.05, 3.63) is 24.5 Å². The fraction of sp³-hybridized carbons (Fsp3) is 0.636. The fourth-order valence-corrected chi connectivity index (χ4v) is 1.63. The number of hydrogen-bond acceptors (Lipinski definition) is 2. The molecule has 0 aromatic carbocycles. The van der Waals surface area contributed by atoms with Gasteiger partial charge in [0.15, 0.2) is 0 Å². The van der Waals surface area contributed by atoms with E-state index in [9.17, 15) is 0 Å². The summed E-state index contributed by atoms with van der Waals surface area (Å²) < 4.78 is 5.51. The minimum absolute atomic E-state index is 0.585. The summed E-state index contributed by atoms with van der Waals surface area (Å²) in [6.07, 6.45) is 6.38. The van der Waals surface area contributed by atoms with Crippen LogP contribution in [0.3, 0.4) is 0 Å². The Kier molecular flexibility index (Phi) is 4.03. The minimum Gasteiger partial charge on any atom is -0.493 e. The van der Waals surface area contributed by atoms with E-state index >= 15 is 0 Å². The van der Waals surface area contributed by atoms with E-state index in [1.54, 1.807) is 0 Å². The zero-order valence-corrected chi connectivity index (χ0v) is 8.62. The molecule has 0 N–H and O–H groups in total. The summed E-state index contributed by atoms with van der Waals surface area (Å²) in [5.74, 6) is 0.766. The van der Waals surface area contributed by atoms with Crippen LogP contribution >= 0.6 is 0 Å². The Morgan fingerprint density at radius 2 is 2.46 bits per heavy atom. The Bertz CT molecular complexity index is 198. The van der Waals surface area contributed by atoms with Gasteiger partial charge in [0.1, 0.15) is 12.4 Å². The summed E-state index contributed by atoms with van der Waals surface area (Å²) in [4.78, 5) is 2.35. The number of ether oxygens (including phenoxy) is 1. The van der Waals surface area contributed by atoms with Crippen LogP contribution in [-0.2, 0) is 4.74 Å². The van der Waals surface area contributed by atoms with E-state index in [4.69, 9.17) is 4.74 Å². The van der Waals surface area contributed by atoms with Crippen molar-refractivity contribution in [2.24, 2.45) is 0 Å². The third kappa shape index (κ3) is 3.23. The van der Waals surface area contributed by atoms with Gasteiger partial charge in [-0.3, -0.25) is 0 Å². The van der Waals surface area contributed by atoms with Crippen LogP contribution in [0.1, 0.15) is 19.8 Å². The van der Waals surface area contributed by atoms with Crippen LogP contribution in [0.15, 0.2) is 24.5 Å². The van der Waals surface area contributed by atoms with Crippen LogP contribution in [0, 0.1) is 0 Å². The van der Waals surface area contributed by atoms with Gasteiger partial charge in [-0.15, -0.1) is 0 Å². The first-order valence-corrected chi connectivity index (χ1v) is 4.88. The highest BCUT2D eigenvalue weighted by Crippen LogP contribution is 2.15. The molecular formula is C11H19NO. The largest absolute Gasteiger partial charge is 0.493 e. The van der Waals surface area contributed by atoms with Gasteiger partial charge < -0.3 is 9.64 Å². The van der Waals surface area contributed by atoms with Gasteiger partial charge >= 0.3 is 0 Å². The SMILES string of the molecule is C=C(/C=C\C)OCC1CCCN1C. The summed E-state index contributed by atoms with van der Waals surface area (Å²) in [7, 11) is 2.15. The molecular weight excluding hydrogens is 162 g/mol. The molecule has 0 saturated carbocycles. The highest BCUT2D eigenvalue weighted by Gasteiger charge is 2.20. The molecule has 1 unspecified atom stereocenters. The Morgan fingerprint density at radius 3 is 3.00 bits per heavy atom. The molecule has 13 heavy (non-hydrogen) atoms. The smallest absolute Gasteiger partial charge is 0.111 e. The summed E-state index contributed by atoms with van der Waals surface area (Å²) in [5, 5.41) is 0. The van der Waals surface area contributed by atoms with Crippen molar-refractivity contribution in [3.8, 4) is 0 Å². The lowest BCUT2D eigenvalue weighted by molar-refractivity contribution is 0.147. The van der Waals surface area contributed by atoms with Crippen LogP contribution in [0.2, 0.25) is 0 Å². The van der Waals surface area contributed by atoms with Crippen molar-refractivity contribution in [2.75, 3.05) is 20.2 Å². The third-order valence-corrected chi connectivity index (χ3v) is 2.49. The van der Waals surface area contributed by atoms with Crippen molar-refractivity contribution in [2.45, 2.75) is 25.8 Å². The topological polar surface area (TPSA) is 12.5 Å². The van der Waals surface area contributed by atoms with Crippen LogP contribution in [-0.4, -0.2) is 31.1 Å². The summed E-state index contributed by atoms with van der Waals surface area (Å²) in [6.45, 7) is 7.75. The number of hydrogen-bond donors (Lipinski definition) is 0. The monoisotopic (exact) mass is 181 g/mol. The Morgan fingerprint density at radius 1 is 1.69 bits per heavy atom. The molecule has 2 nitrogen and oxygen atoms in total. The summed E-state index contributed by atoms with van der Waals surface area (Å²) >= 11 is 0. The molecule has 0 spiro atoms. The molecule has 74 valence electrons. The number of likely N-dealkylation sites (tertiary alicyclic amines) is 1. The first kappa shape index (κ1) is 10.3. The predicted octanol–water partition coefficient (Wildman–Crippen LogP) is 2.19. The van der Waals surface area contributed by atoms with Crippen LogP contribution in [0.4, 0.5) is 0 Å². The van der Waals surface area contributed by atoms with Gasteiger partial charge in [0.2, 0.25) is 0 Å². The van der Waals surface area contributed by atoms with Gasteiger partial charge in [0, 0.05) is 6.04 Å². The van der Waals surface area contributed by atoms with Crippen molar-refractivity contribution in [3.63, 3.8) is 0 Å². The molecule has 1 aliphatic heterocycles. The normalized spacial score (nSPS) is 24.0. The summed E-state index contributed by atoms with van der Waals surface area (Å²) in [6, 6.07) is 0.585. The first-order valence-electron chi connectivity index (χ1n) is 4.88. The zero-order valence-electron chi connectivity index (χ0n) is 8.62. The molecule has 1 aliphatic rings. The second-order valence-corrected chi connectivity index (χ2v) is 3.55. The lowest BCUT2D eigenvalue weighted by atomic mass is 10.2. The standard InChI is InChI=1S/C11H19NO/c1-4-6-10(2)13-9-11-7-5-8-12(11)3/h4,6,11H,2,5,7-9H2,1,3H3/b6-4-. The number of nitrogens with zero attached hydrogens (tertiary/aromatic N) is 1. The molecule has 0 aromatic rings. The second-order valence-electron chi connectivity index (χ2n) is 3.55. The first-order chi connectivity index (χ1) is 6.24. The Labute approximate surface area is 80.9 Å². The van der Waals surface area contributed by atoms with Crippen LogP contribution in [0.5, 0.6) is 0 Å². The fourth-order valence-electron chi connectivity index (χ4n) is 1.63. The van der Waals surface area contributed by atoms with Crippen molar-refractivity contribution in [1.29, 1.82) is 0 Å². The highest BCUT2D eigenvalue weighted by molar-refractivity contribution is 5.05. The number of likely N-dealkylation sites (N-methyl/N-ethyl adjacent to an activating group) is 1. The number of rotatable bonds is 4. The molecule has 0 radical (unpaired) electrons. The molecule has 1 heterocycles. The van der Waals surface area contributed by atoms with Gasteiger partial charge in [-0.1, -0.05) is 12.7 Å². The predicted molar refractivity (Wildman–Crippen MR) is 55.6 cm³/mol. The van der Waals surface area contributed by atoms with E-state index in [1.165, 1.54) is 19.4 Å². The van der Waals surface area contributed by atoms with Gasteiger partial charge in [0.25, 0.3) is 0 Å². The quantitative estimate of drug-likeness (QED) is 0.487. The molecule has 1 saturated heterocycles. The van der Waals surface area contributed by atoms with Crippen molar-refractivity contribution < 1.29 is 4.74 Å². The van der Waals surface area contributed by atoms with Gasteiger partial charge in [-0.2, -0.15) is 0 Å². The number of allylic oxidation sites excluding steroid dienone is 2. The molecule has 0 amide bonds.